The van der Waals surface area contributed by atoms with Crippen LogP contribution in [-0.2, 0) is 16.6 Å². The highest BCUT2D eigenvalue weighted by Crippen LogP contribution is 2.15. The molecule has 23 heavy (non-hydrogen) atoms. The number of nitrogens with one attached hydrogen (secondary N) is 2. The maximum absolute atomic E-state index is 11.8. The number of anilines is 2. The molecule has 6 heteroatoms. The van der Waals surface area contributed by atoms with Gasteiger partial charge in [-0.25, -0.2) is 8.42 Å². The van der Waals surface area contributed by atoms with Crippen LogP contribution in [0.3, 0.4) is 0 Å². The van der Waals surface area contributed by atoms with Crippen LogP contribution < -0.4 is 10.0 Å². The monoisotopic (exact) mass is 329 g/mol. The summed E-state index contributed by atoms with van der Waals surface area (Å²) in [4.78, 5) is 0. The molecule has 0 aliphatic heterocycles. The molecule has 0 unspecified atom stereocenters. The van der Waals surface area contributed by atoms with Crippen molar-refractivity contribution in [2.75, 3.05) is 10.0 Å². The zero-order chi connectivity index (χ0) is 16.9. The van der Waals surface area contributed by atoms with E-state index in [1.165, 1.54) is 0 Å². The maximum atomic E-state index is 11.8. The van der Waals surface area contributed by atoms with Crippen molar-refractivity contribution in [2.45, 2.75) is 25.6 Å². The summed E-state index contributed by atoms with van der Waals surface area (Å²) in [6, 6.07) is 16.5. The van der Waals surface area contributed by atoms with Crippen LogP contribution in [0.5, 0.6) is 0 Å². The van der Waals surface area contributed by atoms with Gasteiger partial charge in [0.05, 0.1) is 16.9 Å². The van der Waals surface area contributed by atoms with Crippen LogP contribution in [0.1, 0.15) is 25.0 Å². The molecule has 5 nitrogen and oxygen atoms in total. The standard InChI is InChI=1S/C17H19N3O2S/c1-13(2)23(21,22)20-17-9-5-15(6-10-17)12-19-16-7-3-14(11-18)4-8-16/h3-10,13,19-20H,12H2,1-2H3. The van der Waals surface area contributed by atoms with Crippen molar-refractivity contribution >= 4 is 21.4 Å². The first-order valence-corrected chi connectivity index (χ1v) is 8.80. The van der Waals surface area contributed by atoms with Gasteiger partial charge in [-0.1, -0.05) is 12.1 Å². The van der Waals surface area contributed by atoms with E-state index in [1.54, 1.807) is 38.1 Å². The first-order chi connectivity index (χ1) is 10.9. The SMILES string of the molecule is CC(C)S(=O)(=O)Nc1ccc(CNc2ccc(C#N)cc2)cc1. The van der Waals surface area contributed by atoms with E-state index >= 15 is 0 Å². The molecule has 0 saturated heterocycles. The van der Waals surface area contributed by atoms with Crippen molar-refractivity contribution in [2.24, 2.45) is 0 Å². The highest BCUT2D eigenvalue weighted by Gasteiger charge is 2.15. The number of rotatable bonds is 6. The molecule has 2 N–H and O–H groups in total. The minimum Gasteiger partial charge on any atom is -0.381 e. The van der Waals surface area contributed by atoms with Gasteiger partial charge in [0.1, 0.15) is 0 Å². The van der Waals surface area contributed by atoms with E-state index in [9.17, 15) is 8.42 Å². The molecule has 2 aromatic carbocycles. The van der Waals surface area contributed by atoms with Crippen molar-refractivity contribution in [3.63, 3.8) is 0 Å². The predicted octanol–water partition coefficient (Wildman–Crippen LogP) is 3.32. The first kappa shape index (κ1) is 16.8. The van der Waals surface area contributed by atoms with E-state index in [4.69, 9.17) is 5.26 Å². The average Bonchev–Trinajstić information content (AvgIpc) is 2.54. The molecule has 0 atom stereocenters. The van der Waals surface area contributed by atoms with E-state index in [0.717, 1.165) is 11.3 Å². The highest BCUT2D eigenvalue weighted by atomic mass is 32.2. The average molecular weight is 329 g/mol. The topological polar surface area (TPSA) is 82.0 Å². The summed E-state index contributed by atoms with van der Waals surface area (Å²) in [6.45, 7) is 3.89. The lowest BCUT2D eigenvalue weighted by molar-refractivity contribution is 0.593. The number of sulfonamides is 1. The third kappa shape index (κ3) is 4.73. The molecule has 0 fully saturated rings. The van der Waals surface area contributed by atoms with E-state index in [1.807, 2.05) is 24.3 Å². The molecule has 0 heterocycles. The van der Waals surface area contributed by atoms with Gasteiger partial charge in [-0.2, -0.15) is 5.26 Å². The second kappa shape index (κ2) is 7.16. The van der Waals surface area contributed by atoms with Gasteiger partial charge in [0.15, 0.2) is 0 Å². The smallest absolute Gasteiger partial charge is 0.235 e. The van der Waals surface area contributed by atoms with E-state index in [0.29, 0.717) is 17.8 Å². The van der Waals surface area contributed by atoms with Gasteiger partial charge in [0, 0.05) is 17.9 Å². The maximum Gasteiger partial charge on any atom is 0.235 e. The van der Waals surface area contributed by atoms with E-state index in [2.05, 4.69) is 16.1 Å². The molecule has 0 aliphatic carbocycles. The highest BCUT2D eigenvalue weighted by molar-refractivity contribution is 7.93. The number of benzene rings is 2. The fourth-order valence-corrected chi connectivity index (χ4v) is 2.54. The second-order valence-electron chi connectivity index (χ2n) is 5.44. The third-order valence-corrected chi connectivity index (χ3v) is 5.11. The number of nitrogens with zero attached hydrogens (tertiary/aromatic N) is 1. The van der Waals surface area contributed by atoms with Crippen LogP contribution in [0.15, 0.2) is 48.5 Å². The number of hydrogen-bond donors (Lipinski definition) is 2. The van der Waals surface area contributed by atoms with Crippen LogP contribution in [0.4, 0.5) is 11.4 Å². The van der Waals surface area contributed by atoms with Gasteiger partial charge in [0.2, 0.25) is 10.0 Å². The molecular formula is C17H19N3O2S. The molecular weight excluding hydrogens is 310 g/mol. The number of hydrogen-bond acceptors (Lipinski definition) is 4. The van der Waals surface area contributed by atoms with Crippen LogP contribution in [0, 0.1) is 11.3 Å². The Kier molecular flexibility index (Phi) is 5.24. The Bertz CT molecular complexity index is 789. The molecule has 0 amide bonds. The summed E-state index contributed by atoms with van der Waals surface area (Å²) in [5.41, 5.74) is 3.13. The van der Waals surface area contributed by atoms with Crippen molar-refractivity contribution < 1.29 is 8.42 Å². The Morgan fingerprint density at radius 3 is 2.09 bits per heavy atom. The van der Waals surface area contributed by atoms with Gasteiger partial charge in [0.25, 0.3) is 0 Å². The van der Waals surface area contributed by atoms with E-state index in [-0.39, 0.29) is 0 Å². The lowest BCUT2D eigenvalue weighted by Crippen LogP contribution is -2.22. The molecule has 0 saturated carbocycles. The first-order valence-electron chi connectivity index (χ1n) is 7.25. The van der Waals surface area contributed by atoms with Crippen molar-refractivity contribution in [1.82, 2.24) is 0 Å². The van der Waals surface area contributed by atoms with Crippen LogP contribution in [0.2, 0.25) is 0 Å². The Balaban J connectivity index is 1.96. The summed E-state index contributed by atoms with van der Waals surface area (Å²) in [7, 11) is -3.32. The molecule has 2 rings (SSSR count). The van der Waals surface area contributed by atoms with Gasteiger partial charge in [-0.15, -0.1) is 0 Å². The van der Waals surface area contributed by atoms with Gasteiger partial charge in [-0.05, 0) is 55.8 Å². The summed E-state index contributed by atoms with van der Waals surface area (Å²) >= 11 is 0. The molecule has 0 aromatic heterocycles. The second-order valence-corrected chi connectivity index (χ2v) is 7.67. The normalized spacial score (nSPS) is 11.0. The van der Waals surface area contributed by atoms with Gasteiger partial charge >= 0.3 is 0 Å². The fourth-order valence-electron chi connectivity index (χ4n) is 1.84. The Hall–Kier alpha value is -2.52. The van der Waals surface area contributed by atoms with Gasteiger partial charge < -0.3 is 5.32 Å². The summed E-state index contributed by atoms with van der Waals surface area (Å²) in [5, 5.41) is 11.5. The summed E-state index contributed by atoms with van der Waals surface area (Å²) in [6.07, 6.45) is 0. The molecule has 2 aromatic rings. The minimum absolute atomic E-state index is 0.472. The lowest BCUT2D eigenvalue weighted by atomic mass is 10.2. The lowest BCUT2D eigenvalue weighted by Gasteiger charge is -2.11. The molecule has 0 spiro atoms. The fraction of sp³-hybridized carbons (Fsp3) is 0.235. The predicted molar refractivity (Wildman–Crippen MR) is 92.6 cm³/mol. The zero-order valence-corrected chi connectivity index (χ0v) is 13.9. The van der Waals surface area contributed by atoms with Crippen molar-refractivity contribution in [3.8, 4) is 6.07 Å². The summed E-state index contributed by atoms with van der Waals surface area (Å²) in [5.74, 6) is 0. The van der Waals surface area contributed by atoms with E-state index < -0.39 is 15.3 Å². The van der Waals surface area contributed by atoms with Gasteiger partial charge in [-0.3, -0.25) is 4.72 Å². The van der Waals surface area contributed by atoms with Crippen molar-refractivity contribution in [1.29, 1.82) is 5.26 Å². The minimum atomic E-state index is -3.32. The quantitative estimate of drug-likeness (QED) is 0.852. The zero-order valence-electron chi connectivity index (χ0n) is 13.1. The Labute approximate surface area is 137 Å². The van der Waals surface area contributed by atoms with Crippen LogP contribution in [0.25, 0.3) is 0 Å². The largest absolute Gasteiger partial charge is 0.381 e. The van der Waals surface area contributed by atoms with Crippen molar-refractivity contribution in [3.05, 3.63) is 59.7 Å². The van der Waals surface area contributed by atoms with Crippen LogP contribution in [-0.4, -0.2) is 13.7 Å². The summed E-state index contributed by atoms with van der Waals surface area (Å²) < 4.78 is 26.2. The molecule has 0 bridgehead atoms. The molecule has 120 valence electrons. The molecule has 0 aliphatic rings. The Morgan fingerprint density at radius 1 is 1.00 bits per heavy atom. The Morgan fingerprint density at radius 2 is 1.57 bits per heavy atom. The molecule has 0 radical (unpaired) electrons. The third-order valence-electron chi connectivity index (χ3n) is 3.35. The van der Waals surface area contributed by atoms with Crippen LogP contribution >= 0.6 is 0 Å². The number of nitriles is 1.